The van der Waals surface area contributed by atoms with Crippen LogP contribution in [0.4, 0.5) is 0 Å². The van der Waals surface area contributed by atoms with Crippen molar-refractivity contribution in [3.8, 4) is 11.1 Å². The van der Waals surface area contributed by atoms with E-state index in [0.717, 1.165) is 11.1 Å². The van der Waals surface area contributed by atoms with Gasteiger partial charge in [0.05, 0.1) is 0 Å². The van der Waals surface area contributed by atoms with Crippen molar-refractivity contribution in [2.45, 2.75) is 6.92 Å². The first-order valence-corrected chi connectivity index (χ1v) is 6.41. The molecule has 2 aromatic carbocycles. The Morgan fingerprint density at radius 2 is 1.85 bits per heavy atom. The molecule has 0 bridgehead atoms. The van der Waals surface area contributed by atoms with E-state index >= 15 is 0 Å². The van der Waals surface area contributed by atoms with Crippen LogP contribution < -0.4 is 11.1 Å². The van der Waals surface area contributed by atoms with Crippen molar-refractivity contribution in [3.63, 3.8) is 0 Å². The molecule has 0 aliphatic carbocycles. The van der Waals surface area contributed by atoms with Crippen LogP contribution in [0.5, 0.6) is 0 Å². The molecule has 0 saturated carbocycles. The minimum absolute atomic E-state index is 0.133. The molecule has 0 aromatic heterocycles. The molecule has 4 nitrogen and oxygen atoms in total. The molecule has 2 amide bonds. The molecule has 3 N–H and O–H groups in total. The Balaban J connectivity index is 2.46. The third-order valence-electron chi connectivity index (χ3n) is 2.97. The zero-order valence-corrected chi connectivity index (χ0v) is 11.2. The molecule has 0 aliphatic rings. The van der Waals surface area contributed by atoms with Crippen molar-refractivity contribution in [3.05, 3.63) is 59.7 Å². The van der Waals surface area contributed by atoms with Crippen molar-refractivity contribution < 1.29 is 9.59 Å². The quantitative estimate of drug-likeness (QED) is 0.892. The number of carbonyl (C=O) groups excluding carboxylic acids is 2. The Labute approximate surface area is 117 Å². The van der Waals surface area contributed by atoms with Gasteiger partial charge in [-0.25, -0.2) is 0 Å². The predicted octanol–water partition coefficient (Wildman–Crippen LogP) is 2.20. The minimum atomic E-state index is -0.482. The van der Waals surface area contributed by atoms with E-state index in [9.17, 15) is 9.59 Å². The van der Waals surface area contributed by atoms with Gasteiger partial charge in [-0.05, 0) is 36.2 Å². The SMILES string of the molecule is CCNC(=O)c1cccc(-c2ccccc2C(N)=O)c1. The standard InChI is InChI=1S/C16H16N2O2/c1-2-18-16(20)12-7-5-6-11(10-12)13-8-3-4-9-14(13)15(17)19/h3-10H,2H2,1H3,(H2,17,19)(H,18,20). The Bertz CT molecular complexity index is 650. The molecule has 0 unspecified atom stereocenters. The van der Waals surface area contributed by atoms with E-state index in [1.165, 1.54) is 0 Å². The fourth-order valence-electron chi connectivity index (χ4n) is 2.04. The van der Waals surface area contributed by atoms with Crippen molar-refractivity contribution in [2.75, 3.05) is 6.54 Å². The van der Waals surface area contributed by atoms with E-state index in [2.05, 4.69) is 5.32 Å². The van der Waals surface area contributed by atoms with Gasteiger partial charge in [0.2, 0.25) is 5.91 Å². The van der Waals surface area contributed by atoms with Gasteiger partial charge in [0.15, 0.2) is 0 Å². The first-order valence-electron chi connectivity index (χ1n) is 6.41. The van der Waals surface area contributed by atoms with E-state index in [0.29, 0.717) is 17.7 Å². The van der Waals surface area contributed by atoms with Crippen molar-refractivity contribution in [2.24, 2.45) is 5.73 Å². The summed E-state index contributed by atoms with van der Waals surface area (Å²) < 4.78 is 0. The Morgan fingerprint density at radius 1 is 1.10 bits per heavy atom. The highest BCUT2D eigenvalue weighted by Crippen LogP contribution is 2.24. The third kappa shape index (κ3) is 2.85. The van der Waals surface area contributed by atoms with Crippen LogP contribution in [-0.4, -0.2) is 18.4 Å². The summed E-state index contributed by atoms with van der Waals surface area (Å²) in [5, 5.41) is 2.75. The van der Waals surface area contributed by atoms with Crippen LogP contribution in [0.1, 0.15) is 27.6 Å². The van der Waals surface area contributed by atoms with E-state index < -0.39 is 5.91 Å². The van der Waals surface area contributed by atoms with Crippen LogP contribution in [0.3, 0.4) is 0 Å². The summed E-state index contributed by atoms with van der Waals surface area (Å²) in [4.78, 5) is 23.3. The largest absolute Gasteiger partial charge is 0.366 e. The number of hydrogen-bond acceptors (Lipinski definition) is 2. The Morgan fingerprint density at radius 3 is 2.55 bits per heavy atom. The second kappa shape index (κ2) is 6.02. The lowest BCUT2D eigenvalue weighted by molar-refractivity contribution is 0.0954. The number of benzene rings is 2. The number of primary amides is 1. The van der Waals surface area contributed by atoms with Gasteiger partial charge >= 0.3 is 0 Å². The molecule has 102 valence electrons. The maximum Gasteiger partial charge on any atom is 0.251 e. The van der Waals surface area contributed by atoms with Crippen molar-refractivity contribution in [1.82, 2.24) is 5.32 Å². The molecule has 4 heteroatoms. The van der Waals surface area contributed by atoms with Gasteiger partial charge in [-0.15, -0.1) is 0 Å². The van der Waals surface area contributed by atoms with Gasteiger partial charge in [0, 0.05) is 17.7 Å². The molecular weight excluding hydrogens is 252 g/mol. The zero-order valence-electron chi connectivity index (χ0n) is 11.2. The fourth-order valence-corrected chi connectivity index (χ4v) is 2.04. The molecule has 0 aliphatic heterocycles. The molecule has 0 spiro atoms. The average molecular weight is 268 g/mol. The summed E-state index contributed by atoms with van der Waals surface area (Å²) in [7, 11) is 0. The summed E-state index contributed by atoms with van der Waals surface area (Å²) in [6.07, 6.45) is 0. The molecule has 0 heterocycles. The highest BCUT2D eigenvalue weighted by atomic mass is 16.2. The summed E-state index contributed by atoms with van der Waals surface area (Å²) in [6, 6.07) is 14.2. The fraction of sp³-hybridized carbons (Fsp3) is 0.125. The Kier molecular flexibility index (Phi) is 4.15. The van der Waals surface area contributed by atoms with Gasteiger partial charge in [-0.3, -0.25) is 9.59 Å². The molecule has 0 fully saturated rings. The zero-order chi connectivity index (χ0) is 14.5. The summed E-state index contributed by atoms with van der Waals surface area (Å²) >= 11 is 0. The lowest BCUT2D eigenvalue weighted by Gasteiger charge is -2.08. The van der Waals surface area contributed by atoms with E-state index in [-0.39, 0.29) is 5.91 Å². The summed E-state index contributed by atoms with van der Waals surface area (Å²) in [5.41, 5.74) is 7.91. The molecule has 0 atom stereocenters. The molecule has 0 saturated heterocycles. The summed E-state index contributed by atoms with van der Waals surface area (Å²) in [6.45, 7) is 2.44. The Hall–Kier alpha value is -2.62. The van der Waals surface area contributed by atoms with E-state index in [1.807, 2.05) is 25.1 Å². The van der Waals surface area contributed by atoms with Crippen LogP contribution in [-0.2, 0) is 0 Å². The van der Waals surface area contributed by atoms with Gasteiger partial charge in [0.25, 0.3) is 5.91 Å². The molecular formula is C16H16N2O2. The van der Waals surface area contributed by atoms with Crippen LogP contribution in [0.15, 0.2) is 48.5 Å². The molecule has 0 radical (unpaired) electrons. The van der Waals surface area contributed by atoms with E-state index in [1.54, 1.807) is 30.3 Å². The highest BCUT2D eigenvalue weighted by Gasteiger charge is 2.11. The van der Waals surface area contributed by atoms with E-state index in [4.69, 9.17) is 5.73 Å². The smallest absolute Gasteiger partial charge is 0.251 e. The lowest BCUT2D eigenvalue weighted by atomic mass is 9.97. The van der Waals surface area contributed by atoms with Gasteiger partial charge < -0.3 is 11.1 Å². The predicted molar refractivity (Wildman–Crippen MR) is 78.4 cm³/mol. The number of nitrogens with two attached hydrogens (primary N) is 1. The van der Waals surface area contributed by atoms with Crippen molar-refractivity contribution in [1.29, 1.82) is 0 Å². The minimum Gasteiger partial charge on any atom is -0.366 e. The maximum absolute atomic E-state index is 11.8. The molecule has 2 aromatic rings. The van der Waals surface area contributed by atoms with Crippen LogP contribution in [0.25, 0.3) is 11.1 Å². The number of amides is 2. The topological polar surface area (TPSA) is 72.2 Å². The second-order valence-electron chi connectivity index (χ2n) is 4.35. The van der Waals surface area contributed by atoms with Gasteiger partial charge in [0.1, 0.15) is 0 Å². The van der Waals surface area contributed by atoms with Gasteiger partial charge in [-0.2, -0.15) is 0 Å². The first kappa shape index (κ1) is 13.8. The normalized spacial score (nSPS) is 10.1. The number of hydrogen-bond donors (Lipinski definition) is 2. The lowest BCUT2D eigenvalue weighted by Crippen LogP contribution is -2.22. The number of nitrogens with one attached hydrogen (secondary N) is 1. The van der Waals surface area contributed by atoms with Crippen LogP contribution in [0.2, 0.25) is 0 Å². The van der Waals surface area contributed by atoms with Crippen molar-refractivity contribution >= 4 is 11.8 Å². The maximum atomic E-state index is 11.8. The molecule has 20 heavy (non-hydrogen) atoms. The first-order chi connectivity index (χ1) is 9.63. The average Bonchev–Trinajstić information content (AvgIpc) is 2.47. The molecule has 2 rings (SSSR count). The van der Waals surface area contributed by atoms with Crippen LogP contribution in [0, 0.1) is 0 Å². The second-order valence-corrected chi connectivity index (χ2v) is 4.35. The summed E-state index contributed by atoms with van der Waals surface area (Å²) in [5.74, 6) is -0.616. The van der Waals surface area contributed by atoms with Crippen LogP contribution >= 0.6 is 0 Å². The number of rotatable bonds is 4. The van der Waals surface area contributed by atoms with Gasteiger partial charge in [-0.1, -0.05) is 30.3 Å². The number of carbonyl (C=O) groups is 2. The third-order valence-corrected chi connectivity index (χ3v) is 2.97. The highest BCUT2D eigenvalue weighted by molar-refractivity contribution is 6.01. The monoisotopic (exact) mass is 268 g/mol.